The van der Waals surface area contributed by atoms with Gasteiger partial charge in [0.05, 0.1) is 12.8 Å². The quantitative estimate of drug-likeness (QED) is 0.736. The van der Waals surface area contributed by atoms with Crippen molar-refractivity contribution in [2.24, 2.45) is 0 Å². The summed E-state index contributed by atoms with van der Waals surface area (Å²) in [5, 5.41) is 0. The maximum absolute atomic E-state index is 12.6. The summed E-state index contributed by atoms with van der Waals surface area (Å²) in [6, 6.07) is 19.4. The first-order valence-electron chi connectivity index (χ1n) is 7.67. The average Bonchev–Trinajstić information content (AvgIpc) is 2.63. The molecule has 0 unspecified atom stereocenters. The molecule has 0 bridgehead atoms. The van der Waals surface area contributed by atoms with Gasteiger partial charge in [-0.25, -0.2) is 4.98 Å². The molecular weight excluding hydrogens is 300 g/mol. The summed E-state index contributed by atoms with van der Waals surface area (Å²) in [7, 11) is 1.46. The standard InChI is InChI=1S/C20H18N2O2/c1-15-18(14-13-16-9-5-3-6-10-16)21-19(24-2)20(23)22(15)17-11-7-4-8-12-17/h3-14H,1-2H3/b14-13+. The van der Waals surface area contributed by atoms with Gasteiger partial charge in [-0.05, 0) is 30.7 Å². The SMILES string of the molecule is COc1nc(/C=C/c2ccccc2)c(C)n(-c2ccccc2)c1=O. The smallest absolute Gasteiger partial charge is 0.318 e. The van der Waals surface area contributed by atoms with E-state index in [1.54, 1.807) is 4.57 Å². The molecule has 0 amide bonds. The molecule has 4 nitrogen and oxygen atoms in total. The third kappa shape index (κ3) is 3.13. The Morgan fingerprint density at radius 1 is 0.958 bits per heavy atom. The number of aromatic nitrogens is 2. The van der Waals surface area contributed by atoms with Crippen LogP contribution in [0.3, 0.4) is 0 Å². The summed E-state index contributed by atoms with van der Waals surface area (Å²) in [5.41, 5.74) is 3.04. The lowest BCUT2D eigenvalue weighted by Crippen LogP contribution is -2.24. The maximum Gasteiger partial charge on any atom is 0.318 e. The minimum absolute atomic E-state index is 0.0807. The van der Waals surface area contributed by atoms with Crippen LogP contribution in [0.2, 0.25) is 0 Å². The Labute approximate surface area is 140 Å². The molecule has 0 aliphatic carbocycles. The van der Waals surface area contributed by atoms with Crippen LogP contribution in [-0.4, -0.2) is 16.7 Å². The first-order chi connectivity index (χ1) is 11.7. The number of rotatable bonds is 4. The normalized spacial score (nSPS) is 10.9. The van der Waals surface area contributed by atoms with Gasteiger partial charge in [-0.15, -0.1) is 0 Å². The minimum atomic E-state index is -0.266. The summed E-state index contributed by atoms with van der Waals surface area (Å²) in [6.07, 6.45) is 3.86. The van der Waals surface area contributed by atoms with Gasteiger partial charge in [0.1, 0.15) is 0 Å². The fourth-order valence-electron chi connectivity index (χ4n) is 2.52. The van der Waals surface area contributed by atoms with Crippen LogP contribution in [0.15, 0.2) is 65.5 Å². The number of hydrogen-bond acceptors (Lipinski definition) is 3. The molecule has 0 atom stereocenters. The molecule has 0 saturated heterocycles. The van der Waals surface area contributed by atoms with Crippen LogP contribution in [0.1, 0.15) is 17.0 Å². The average molecular weight is 318 g/mol. The van der Waals surface area contributed by atoms with Crippen molar-refractivity contribution in [2.75, 3.05) is 7.11 Å². The van der Waals surface area contributed by atoms with Crippen LogP contribution in [0.4, 0.5) is 0 Å². The van der Waals surface area contributed by atoms with Crippen molar-refractivity contribution < 1.29 is 4.74 Å². The molecule has 0 aliphatic heterocycles. The number of nitrogens with zero attached hydrogens (tertiary/aromatic N) is 2. The Hall–Kier alpha value is -3.14. The predicted molar refractivity (Wildman–Crippen MR) is 96.5 cm³/mol. The van der Waals surface area contributed by atoms with E-state index in [9.17, 15) is 4.79 Å². The lowest BCUT2D eigenvalue weighted by molar-refractivity contribution is 0.387. The molecule has 2 aromatic carbocycles. The highest BCUT2D eigenvalue weighted by Gasteiger charge is 2.13. The summed E-state index contributed by atoms with van der Waals surface area (Å²) in [6.45, 7) is 1.88. The Morgan fingerprint density at radius 3 is 2.21 bits per heavy atom. The molecule has 0 radical (unpaired) electrons. The monoisotopic (exact) mass is 318 g/mol. The minimum Gasteiger partial charge on any atom is -0.477 e. The molecular formula is C20H18N2O2. The highest BCUT2D eigenvalue weighted by Crippen LogP contribution is 2.16. The second kappa shape index (κ2) is 6.96. The number of ether oxygens (including phenoxy) is 1. The van der Waals surface area contributed by atoms with Crippen molar-refractivity contribution in [3.8, 4) is 11.6 Å². The van der Waals surface area contributed by atoms with Crippen molar-refractivity contribution in [2.45, 2.75) is 6.92 Å². The molecule has 0 N–H and O–H groups in total. The van der Waals surface area contributed by atoms with E-state index in [4.69, 9.17) is 4.74 Å². The number of methoxy groups -OCH3 is 1. The summed E-state index contributed by atoms with van der Waals surface area (Å²) < 4.78 is 6.80. The molecule has 3 aromatic rings. The Morgan fingerprint density at radius 2 is 1.58 bits per heavy atom. The van der Waals surface area contributed by atoms with E-state index >= 15 is 0 Å². The van der Waals surface area contributed by atoms with Crippen molar-refractivity contribution in [1.82, 2.24) is 9.55 Å². The summed E-state index contributed by atoms with van der Waals surface area (Å²) >= 11 is 0. The van der Waals surface area contributed by atoms with E-state index in [2.05, 4.69) is 4.98 Å². The van der Waals surface area contributed by atoms with E-state index in [1.165, 1.54) is 7.11 Å². The lowest BCUT2D eigenvalue weighted by Gasteiger charge is -2.13. The highest BCUT2D eigenvalue weighted by molar-refractivity contribution is 5.69. The van der Waals surface area contributed by atoms with Gasteiger partial charge >= 0.3 is 5.56 Å². The number of para-hydroxylation sites is 1. The molecule has 4 heteroatoms. The number of benzene rings is 2. The topological polar surface area (TPSA) is 44.1 Å². The molecule has 1 aromatic heterocycles. The molecule has 3 rings (SSSR count). The summed E-state index contributed by atoms with van der Waals surface area (Å²) in [5.74, 6) is 0.0807. The molecule has 0 fully saturated rings. The zero-order valence-electron chi connectivity index (χ0n) is 13.6. The maximum atomic E-state index is 12.6. The molecule has 120 valence electrons. The van der Waals surface area contributed by atoms with Crippen LogP contribution in [0, 0.1) is 6.92 Å². The largest absolute Gasteiger partial charge is 0.477 e. The van der Waals surface area contributed by atoms with Gasteiger partial charge in [-0.2, -0.15) is 0 Å². The van der Waals surface area contributed by atoms with Crippen molar-refractivity contribution in [3.05, 3.63) is 88.0 Å². The molecule has 1 heterocycles. The van der Waals surface area contributed by atoms with E-state index in [-0.39, 0.29) is 11.4 Å². The second-order valence-electron chi connectivity index (χ2n) is 5.31. The van der Waals surface area contributed by atoms with Gasteiger partial charge in [-0.1, -0.05) is 54.6 Å². The van der Waals surface area contributed by atoms with Gasteiger partial charge in [-0.3, -0.25) is 9.36 Å². The van der Waals surface area contributed by atoms with E-state index < -0.39 is 0 Å². The Balaban J connectivity index is 2.14. The predicted octanol–water partition coefficient (Wildman–Crippen LogP) is 3.72. The first kappa shape index (κ1) is 15.7. The summed E-state index contributed by atoms with van der Waals surface area (Å²) in [4.78, 5) is 16.9. The Kier molecular flexibility index (Phi) is 4.57. The van der Waals surface area contributed by atoms with Crippen LogP contribution in [0.5, 0.6) is 5.88 Å². The lowest BCUT2D eigenvalue weighted by atomic mass is 10.2. The van der Waals surface area contributed by atoms with Crippen molar-refractivity contribution in [3.63, 3.8) is 0 Å². The van der Waals surface area contributed by atoms with Gasteiger partial charge in [0.15, 0.2) is 0 Å². The van der Waals surface area contributed by atoms with Gasteiger partial charge in [0, 0.05) is 11.4 Å². The fourth-order valence-corrected chi connectivity index (χ4v) is 2.52. The fraction of sp³-hybridized carbons (Fsp3) is 0.100. The van der Waals surface area contributed by atoms with Crippen LogP contribution in [-0.2, 0) is 0 Å². The van der Waals surface area contributed by atoms with Gasteiger partial charge < -0.3 is 4.74 Å². The number of hydrogen-bond donors (Lipinski definition) is 0. The molecule has 0 spiro atoms. The van der Waals surface area contributed by atoms with E-state index in [0.717, 1.165) is 16.9 Å². The molecule has 0 saturated carbocycles. The Bertz CT molecular complexity index is 914. The molecule has 24 heavy (non-hydrogen) atoms. The molecule has 0 aliphatic rings. The van der Waals surface area contributed by atoms with E-state index in [0.29, 0.717) is 5.69 Å². The highest BCUT2D eigenvalue weighted by atomic mass is 16.5. The third-order valence-electron chi connectivity index (χ3n) is 3.76. The van der Waals surface area contributed by atoms with Crippen LogP contribution in [0.25, 0.3) is 17.8 Å². The zero-order chi connectivity index (χ0) is 16.9. The third-order valence-corrected chi connectivity index (χ3v) is 3.76. The van der Waals surface area contributed by atoms with Crippen LogP contribution >= 0.6 is 0 Å². The van der Waals surface area contributed by atoms with Gasteiger partial charge in [0.25, 0.3) is 5.88 Å². The van der Waals surface area contributed by atoms with E-state index in [1.807, 2.05) is 79.7 Å². The van der Waals surface area contributed by atoms with Crippen LogP contribution < -0.4 is 10.3 Å². The first-order valence-corrected chi connectivity index (χ1v) is 7.67. The van der Waals surface area contributed by atoms with Crippen molar-refractivity contribution >= 4 is 12.2 Å². The van der Waals surface area contributed by atoms with Crippen molar-refractivity contribution in [1.29, 1.82) is 0 Å². The second-order valence-corrected chi connectivity index (χ2v) is 5.31. The van der Waals surface area contributed by atoms with Gasteiger partial charge in [0.2, 0.25) is 0 Å². The zero-order valence-corrected chi connectivity index (χ0v) is 13.6.